The second kappa shape index (κ2) is 7.46. The van der Waals surface area contributed by atoms with Crippen molar-refractivity contribution in [3.8, 4) is 28.7 Å². The average molecular weight is 417 g/mol. The Morgan fingerprint density at radius 3 is 2.60 bits per heavy atom. The van der Waals surface area contributed by atoms with E-state index in [0.717, 1.165) is 12.1 Å². The SMILES string of the molecule is Cn1ncc(-c2nc(-c3ccc(N)nc3)no2)c1COc1ccc(C(F)(F)F)cn1. The first kappa shape index (κ1) is 19.4. The first-order valence-electron chi connectivity index (χ1n) is 8.54. The van der Waals surface area contributed by atoms with E-state index >= 15 is 0 Å². The zero-order valence-electron chi connectivity index (χ0n) is 15.5. The van der Waals surface area contributed by atoms with Gasteiger partial charge in [0.05, 0.1) is 23.0 Å². The van der Waals surface area contributed by atoms with Crippen LogP contribution in [-0.2, 0) is 19.8 Å². The molecular weight excluding hydrogens is 403 g/mol. The summed E-state index contributed by atoms with van der Waals surface area (Å²) >= 11 is 0. The van der Waals surface area contributed by atoms with E-state index in [1.807, 2.05) is 0 Å². The van der Waals surface area contributed by atoms with Gasteiger partial charge >= 0.3 is 6.18 Å². The number of anilines is 1. The van der Waals surface area contributed by atoms with Gasteiger partial charge in [-0.05, 0) is 18.2 Å². The minimum absolute atomic E-state index is 0.0225. The molecular formula is C18H14F3N7O2. The smallest absolute Gasteiger partial charge is 0.417 e. The van der Waals surface area contributed by atoms with Crippen molar-refractivity contribution in [2.24, 2.45) is 7.05 Å². The van der Waals surface area contributed by atoms with Gasteiger partial charge in [0.2, 0.25) is 11.7 Å². The van der Waals surface area contributed by atoms with Crippen LogP contribution in [0.1, 0.15) is 11.3 Å². The molecule has 0 unspecified atom stereocenters. The average Bonchev–Trinajstić information content (AvgIpc) is 3.33. The molecule has 4 aromatic heterocycles. The number of ether oxygens (including phenoxy) is 1. The second-order valence-electron chi connectivity index (χ2n) is 6.19. The van der Waals surface area contributed by atoms with Gasteiger partial charge in [0.15, 0.2) is 0 Å². The molecule has 0 atom stereocenters. The highest BCUT2D eigenvalue weighted by Crippen LogP contribution is 2.30. The summed E-state index contributed by atoms with van der Waals surface area (Å²) in [5, 5.41) is 8.09. The van der Waals surface area contributed by atoms with E-state index in [4.69, 9.17) is 15.0 Å². The topological polar surface area (TPSA) is 118 Å². The highest BCUT2D eigenvalue weighted by atomic mass is 19.4. The first-order valence-corrected chi connectivity index (χ1v) is 8.54. The molecule has 0 amide bonds. The second-order valence-corrected chi connectivity index (χ2v) is 6.19. The molecule has 0 aromatic carbocycles. The highest BCUT2D eigenvalue weighted by molar-refractivity contribution is 5.61. The van der Waals surface area contributed by atoms with E-state index in [1.165, 1.54) is 17.1 Å². The number of aryl methyl sites for hydroxylation is 1. The summed E-state index contributed by atoms with van der Waals surface area (Å²) in [5.41, 5.74) is 6.43. The Balaban J connectivity index is 1.53. The molecule has 12 heteroatoms. The van der Waals surface area contributed by atoms with Crippen molar-refractivity contribution in [2.75, 3.05) is 5.73 Å². The number of hydrogen-bond donors (Lipinski definition) is 1. The molecule has 9 nitrogen and oxygen atoms in total. The van der Waals surface area contributed by atoms with Gasteiger partial charge in [-0.15, -0.1) is 0 Å². The largest absolute Gasteiger partial charge is 0.471 e. The van der Waals surface area contributed by atoms with E-state index in [9.17, 15) is 13.2 Å². The fourth-order valence-corrected chi connectivity index (χ4v) is 2.58. The molecule has 0 fully saturated rings. The lowest BCUT2D eigenvalue weighted by Crippen LogP contribution is -2.07. The van der Waals surface area contributed by atoms with Gasteiger partial charge in [0, 0.05) is 31.1 Å². The molecule has 0 spiro atoms. The van der Waals surface area contributed by atoms with E-state index in [-0.39, 0.29) is 18.4 Å². The fraction of sp³-hybridized carbons (Fsp3) is 0.167. The van der Waals surface area contributed by atoms with Crippen LogP contribution in [0.5, 0.6) is 5.88 Å². The first-order chi connectivity index (χ1) is 14.3. The quantitative estimate of drug-likeness (QED) is 0.526. The minimum atomic E-state index is -4.46. The molecule has 154 valence electrons. The van der Waals surface area contributed by atoms with E-state index in [1.54, 1.807) is 19.2 Å². The van der Waals surface area contributed by atoms with Crippen LogP contribution < -0.4 is 10.5 Å². The lowest BCUT2D eigenvalue weighted by atomic mass is 10.2. The number of aromatic nitrogens is 6. The molecule has 0 aliphatic heterocycles. The molecule has 4 rings (SSSR count). The Morgan fingerprint density at radius 1 is 1.10 bits per heavy atom. The third-order valence-electron chi connectivity index (χ3n) is 4.18. The molecule has 0 aliphatic carbocycles. The van der Waals surface area contributed by atoms with Crippen molar-refractivity contribution in [3.63, 3.8) is 0 Å². The Hall–Kier alpha value is -3.96. The molecule has 4 aromatic rings. The maximum Gasteiger partial charge on any atom is 0.417 e. The Bertz CT molecular complexity index is 1150. The van der Waals surface area contributed by atoms with Gasteiger partial charge in [0.25, 0.3) is 5.89 Å². The predicted octanol–water partition coefficient (Wildman–Crippen LogP) is 3.11. The van der Waals surface area contributed by atoms with Crippen LogP contribution in [0.15, 0.2) is 47.4 Å². The van der Waals surface area contributed by atoms with Crippen molar-refractivity contribution in [1.82, 2.24) is 29.9 Å². The van der Waals surface area contributed by atoms with Crippen LogP contribution in [0.2, 0.25) is 0 Å². The summed E-state index contributed by atoms with van der Waals surface area (Å²) in [5.74, 6) is 0.923. The van der Waals surface area contributed by atoms with Crippen LogP contribution in [-0.4, -0.2) is 29.9 Å². The molecule has 2 N–H and O–H groups in total. The Labute approximate surface area is 167 Å². The van der Waals surface area contributed by atoms with Crippen molar-refractivity contribution in [1.29, 1.82) is 0 Å². The third kappa shape index (κ3) is 3.92. The van der Waals surface area contributed by atoms with Crippen LogP contribution >= 0.6 is 0 Å². The monoisotopic (exact) mass is 417 g/mol. The standard InChI is InChI=1S/C18H14F3N7O2/c1-28-13(9-29-15-5-3-11(7-24-15)18(19,20)21)12(8-25-28)17-26-16(27-30-17)10-2-4-14(22)23-6-10/h2-8H,9H2,1H3,(H2,22,23). The van der Waals surface area contributed by atoms with Crippen LogP contribution in [0.3, 0.4) is 0 Å². The summed E-state index contributed by atoms with van der Waals surface area (Å²) < 4.78 is 50.3. The van der Waals surface area contributed by atoms with E-state index in [2.05, 4.69) is 25.2 Å². The van der Waals surface area contributed by atoms with Crippen molar-refractivity contribution < 1.29 is 22.4 Å². The van der Waals surface area contributed by atoms with Crippen LogP contribution in [0.25, 0.3) is 22.8 Å². The number of pyridine rings is 2. The summed E-state index contributed by atoms with van der Waals surface area (Å²) in [6, 6.07) is 5.38. The lowest BCUT2D eigenvalue weighted by Gasteiger charge is -2.09. The van der Waals surface area contributed by atoms with Gasteiger partial charge in [-0.3, -0.25) is 4.68 Å². The number of nitrogen functional groups attached to an aromatic ring is 1. The van der Waals surface area contributed by atoms with Gasteiger partial charge in [0.1, 0.15) is 12.4 Å². The zero-order valence-corrected chi connectivity index (χ0v) is 15.5. The number of nitrogens with zero attached hydrogens (tertiary/aromatic N) is 6. The predicted molar refractivity (Wildman–Crippen MR) is 97.7 cm³/mol. The number of rotatable bonds is 5. The van der Waals surface area contributed by atoms with E-state index < -0.39 is 11.7 Å². The fourth-order valence-electron chi connectivity index (χ4n) is 2.58. The summed E-state index contributed by atoms with van der Waals surface area (Å²) in [6.45, 7) is -0.0225. The zero-order chi connectivity index (χ0) is 21.3. The van der Waals surface area contributed by atoms with Crippen LogP contribution in [0, 0.1) is 0 Å². The lowest BCUT2D eigenvalue weighted by molar-refractivity contribution is -0.137. The molecule has 0 radical (unpaired) electrons. The molecule has 0 saturated carbocycles. The van der Waals surface area contributed by atoms with E-state index in [0.29, 0.717) is 34.7 Å². The normalized spacial score (nSPS) is 11.6. The Morgan fingerprint density at radius 2 is 1.93 bits per heavy atom. The van der Waals surface area contributed by atoms with Gasteiger partial charge in [-0.1, -0.05) is 5.16 Å². The maximum absolute atomic E-state index is 12.6. The number of nitrogens with two attached hydrogens (primary N) is 1. The maximum atomic E-state index is 12.6. The molecule has 4 heterocycles. The third-order valence-corrected chi connectivity index (χ3v) is 4.18. The van der Waals surface area contributed by atoms with Gasteiger partial charge in [-0.25, -0.2) is 9.97 Å². The molecule has 0 aliphatic rings. The van der Waals surface area contributed by atoms with Gasteiger partial charge < -0.3 is 15.0 Å². The number of halogens is 3. The van der Waals surface area contributed by atoms with Gasteiger partial charge in [-0.2, -0.15) is 23.3 Å². The number of alkyl halides is 3. The molecule has 0 bridgehead atoms. The highest BCUT2D eigenvalue weighted by Gasteiger charge is 2.30. The van der Waals surface area contributed by atoms with Crippen molar-refractivity contribution in [2.45, 2.75) is 12.8 Å². The Kier molecular flexibility index (Phi) is 4.82. The number of hydrogen-bond acceptors (Lipinski definition) is 8. The van der Waals surface area contributed by atoms with Crippen molar-refractivity contribution >= 4 is 5.82 Å². The minimum Gasteiger partial charge on any atom is -0.471 e. The summed E-state index contributed by atoms with van der Waals surface area (Å²) in [6.07, 6.45) is -0.703. The summed E-state index contributed by atoms with van der Waals surface area (Å²) in [7, 11) is 1.68. The molecule has 30 heavy (non-hydrogen) atoms. The van der Waals surface area contributed by atoms with Crippen LogP contribution in [0.4, 0.5) is 19.0 Å². The van der Waals surface area contributed by atoms with Crippen molar-refractivity contribution in [3.05, 3.63) is 54.1 Å². The summed E-state index contributed by atoms with van der Waals surface area (Å²) in [4.78, 5) is 12.0. The molecule has 0 saturated heterocycles.